The minimum Gasteiger partial charge on any atom is -0.478 e. The fraction of sp³-hybridized carbons (Fsp3) is 0.133. The van der Waals surface area contributed by atoms with E-state index in [0.29, 0.717) is 5.02 Å². The summed E-state index contributed by atoms with van der Waals surface area (Å²) >= 11 is 5.84. The number of halogens is 2. The third-order valence-corrected chi connectivity index (χ3v) is 2.94. The van der Waals surface area contributed by atoms with E-state index in [1.807, 2.05) is 6.07 Å². The zero-order chi connectivity index (χ0) is 14.5. The molecule has 0 saturated carbocycles. The largest absolute Gasteiger partial charge is 0.478 e. The number of carboxylic acids is 1. The standard InChI is InChI=1S/C15H12ClFO3/c16-13-3-1-2-10(6-13)8-20-9-12-7-11(15(18)19)4-5-14(12)17/h1-7H,8-9H2,(H,18,19). The number of hydrogen-bond acceptors (Lipinski definition) is 2. The highest BCUT2D eigenvalue weighted by atomic mass is 35.5. The summed E-state index contributed by atoms with van der Waals surface area (Å²) < 4.78 is 18.9. The molecule has 0 amide bonds. The summed E-state index contributed by atoms with van der Waals surface area (Å²) in [6.45, 7) is 0.275. The van der Waals surface area contributed by atoms with Crippen LogP contribution in [-0.2, 0) is 18.0 Å². The van der Waals surface area contributed by atoms with Crippen molar-refractivity contribution < 1.29 is 19.0 Å². The normalized spacial score (nSPS) is 10.5. The molecule has 0 aliphatic carbocycles. The number of carbonyl (C=O) groups is 1. The monoisotopic (exact) mass is 294 g/mol. The van der Waals surface area contributed by atoms with E-state index in [9.17, 15) is 9.18 Å². The second kappa shape index (κ2) is 6.50. The Labute approximate surface area is 120 Å². The maximum absolute atomic E-state index is 13.5. The van der Waals surface area contributed by atoms with Crippen LogP contribution in [0.5, 0.6) is 0 Å². The van der Waals surface area contributed by atoms with Crippen molar-refractivity contribution in [3.8, 4) is 0 Å². The second-order valence-corrected chi connectivity index (χ2v) is 4.67. The molecule has 0 radical (unpaired) electrons. The van der Waals surface area contributed by atoms with E-state index in [1.165, 1.54) is 12.1 Å². The highest BCUT2D eigenvalue weighted by Crippen LogP contribution is 2.15. The maximum Gasteiger partial charge on any atom is 0.335 e. The average Bonchev–Trinajstić information content (AvgIpc) is 2.40. The Morgan fingerprint density at radius 2 is 2.00 bits per heavy atom. The maximum atomic E-state index is 13.5. The lowest BCUT2D eigenvalue weighted by Crippen LogP contribution is -2.02. The van der Waals surface area contributed by atoms with Gasteiger partial charge in [-0.05, 0) is 35.9 Å². The van der Waals surface area contributed by atoms with Gasteiger partial charge in [0.1, 0.15) is 5.82 Å². The van der Waals surface area contributed by atoms with Gasteiger partial charge in [0.15, 0.2) is 0 Å². The first-order valence-electron chi connectivity index (χ1n) is 5.90. The molecule has 0 saturated heterocycles. The van der Waals surface area contributed by atoms with Gasteiger partial charge in [-0.15, -0.1) is 0 Å². The van der Waals surface area contributed by atoms with Gasteiger partial charge in [0.2, 0.25) is 0 Å². The summed E-state index contributed by atoms with van der Waals surface area (Å²) in [5.41, 5.74) is 1.12. The second-order valence-electron chi connectivity index (χ2n) is 4.23. The molecule has 0 unspecified atom stereocenters. The topological polar surface area (TPSA) is 46.5 Å². The number of aromatic carboxylic acids is 1. The molecular formula is C15H12ClFO3. The van der Waals surface area contributed by atoms with Crippen molar-refractivity contribution in [2.24, 2.45) is 0 Å². The predicted molar refractivity (Wildman–Crippen MR) is 73.3 cm³/mol. The Kier molecular flexibility index (Phi) is 4.71. The highest BCUT2D eigenvalue weighted by Gasteiger charge is 2.08. The SMILES string of the molecule is O=C(O)c1ccc(F)c(COCc2cccc(Cl)c2)c1. The van der Waals surface area contributed by atoms with Gasteiger partial charge in [-0.3, -0.25) is 0 Å². The van der Waals surface area contributed by atoms with E-state index in [1.54, 1.807) is 18.2 Å². The molecule has 0 aliphatic rings. The molecule has 2 aromatic rings. The molecule has 0 aliphatic heterocycles. The molecule has 0 spiro atoms. The van der Waals surface area contributed by atoms with E-state index in [0.717, 1.165) is 11.6 Å². The Bertz CT molecular complexity index is 628. The number of carboxylic acid groups (broad SMARTS) is 1. The number of hydrogen-bond donors (Lipinski definition) is 1. The van der Waals surface area contributed by atoms with Crippen LogP contribution in [0, 0.1) is 5.82 Å². The van der Waals surface area contributed by atoms with Gasteiger partial charge in [-0.25, -0.2) is 9.18 Å². The van der Waals surface area contributed by atoms with Gasteiger partial charge < -0.3 is 9.84 Å². The van der Waals surface area contributed by atoms with E-state index in [2.05, 4.69) is 0 Å². The molecule has 3 nitrogen and oxygen atoms in total. The van der Waals surface area contributed by atoms with Crippen molar-refractivity contribution in [3.63, 3.8) is 0 Å². The van der Waals surface area contributed by atoms with Gasteiger partial charge in [0.05, 0.1) is 18.8 Å². The summed E-state index contributed by atoms with van der Waals surface area (Å²) in [5.74, 6) is -1.58. The van der Waals surface area contributed by atoms with Crippen molar-refractivity contribution >= 4 is 17.6 Å². The Morgan fingerprint density at radius 3 is 2.70 bits per heavy atom. The van der Waals surface area contributed by atoms with Crippen LogP contribution in [0.15, 0.2) is 42.5 Å². The molecule has 0 bridgehead atoms. The minimum absolute atomic E-state index is 0.000529. The quantitative estimate of drug-likeness (QED) is 0.910. The lowest BCUT2D eigenvalue weighted by molar-refractivity contribution is 0.0696. The van der Waals surface area contributed by atoms with Crippen LogP contribution in [0.3, 0.4) is 0 Å². The molecule has 5 heteroatoms. The Hall–Kier alpha value is -1.91. The zero-order valence-electron chi connectivity index (χ0n) is 10.5. The van der Waals surface area contributed by atoms with E-state index < -0.39 is 11.8 Å². The number of rotatable bonds is 5. The molecule has 0 atom stereocenters. The smallest absolute Gasteiger partial charge is 0.335 e. The minimum atomic E-state index is -1.10. The summed E-state index contributed by atoms with van der Waals surface area (Å²) in [6, 6.07) is 10.8. The number of ether oxygens (including phenoxy) is 1. The lowest BCUT2D eigenvalue weighted by atomic mass is 10.1. The third kappa shape index (κ3) is 3.79. The van der Waals surface area contributed by atoms with E-state index in [-0.39, 0.29) is 24.3 Å². The summed E-state index contributed by atoms with van der Waals surface area (Å²) in [5, 5.41) is 9.46. The third-order valence-electron chi connectivity index (χ3n) is 2.71. The zero-order valence-corrected chi connectivity index (χ0v) is 11.2. The van der Waals surface area contributed by atoms with Crippen LogP contribution in [0.2, 0.25) is 5.02 Å². The van der Waals surface area contributed by atoms with Crippen molar-refractivity contribution in [2.45, 2.75) is 13.2 Å². The van der Waals surface area contributed by atoms with Crippen molar-refractivity contribution in [1.82, 2.24) is 0 Å². The van der Waals surface area contributed by atoms with E-state index in [4.69, 9.17) is 21.4 Å². The summed E-state index contributed by atoms with van der Waals surface area (Å²) in [4.78, 5) is 10.8. The van der Waals surface area contributed by atoms with Crippen LogP contribution in [0.1, 0.15) is 21.5 Å². The average molecular weight is 295 g/mol. The molecular weight excluding hydrogens is 283 g/mol. The van der Waals surface area contributed by atoms with Crippen molar-refractivity contribution in [1.29, 1.82) is 0 Å². The van der Waals surface area contributed by atoms with Crippen molar-refractivity contribution in [3.05, 3.63) is 70.0 Å². The first kappa shape index (κ1) is 14.5. The van der Waals surface area contributed by atoms with E-state index >= 15 is 0 Å². The lowest BCUT2D eigenvalue weighted by Gasteiger charge is -2.07. The highest BCUT2D eigenvalue weighted by molar-refractivity contribution is 6.30. The van der Waals surface area contributed by atoms with Crippen LogP contribution in [0.4, 0.5) is 4.39 Å². The summed E-state index contributed by atoms with van der Waals surface area (Å²) in [7, 11) is 0. The van der Waals surface area contributed by atoms with Gasteiger partial charge in [-0.2, -0.15) is 0 Å². The Morgan fingerprint density at radius 1 is 1.20 bits per heavy atom. The summed E-state index contributed by atoms with van der Waals surface area (Å²) in [6.07, 6.45) is 0. The Balaban J connectivity index is 2.00. The van der Waals surface area contributed by atoms with Crippen LogP contribution in [-0.4, -0.2) is 11.1 Å². The van der Waals surface area contributed by atoms with Gasteiger partial charge in [0.25, 0.3) is 0 Å². The molecule has 1 N–H and O–H groups in total. The first-order chi connectivity index (χ1) is 9.56. The van der Waals surface area contributed by atoms with Crippen LogP contribution >= 0.6 is 11.6 Å². The van der Waals surface area contributed by atoms with Crippen molar-refractivity contribution in [2.75, 3.05) is 0 Å². The molecule has 0 heterocycles. The molecule has 2 aromatic carbocycles. The molecule has 2 rings (SSSR count). The molecule has 0 aromatic heterocycles. The van der Waals surface area contributed by atoms with Crippen LogP contribution in [0.25, 0.3) is 0 Å². The van der Waals surface area contributed by atoms with Gasteiger partial charge in [0, 0.05) is 10.6 Å². The number of benzene rings is 2. The predicted octanol–water partition coefficient (Wildman–Crippen LogP) is 3.89. The first-order valence-corrected chi connectivity index (χ1v) is 6.28. The van der Waals surface area contributed by atoms with Gasteiger partial charge >= 0.3 is 5.97 Å². The molecule has 0 fully saturated rings. The van der Waals surface area contributed by atoms with Gasteiger partial charge in [-0.1, -0.05) is 23.7 Å². The fourth-order valence-corrected chi connectivity index (χ4v) is 1.94. The molecule has 20 heavy (non-hydrogen) atoms. The fourth-order valence-electron chi connectivity index (χ4n) is 1.72. The van der Waals surface area contributed by atoms with Crippen LogP contribution < -0.4 is 0 Å². The molecule has 104 valence electrons.